The lowest BCUT2D eigenvalue weighted by molar-refractivity contribution is -0.119. The predicted octanol–water partition coefficient (Wildman–Crippen LogP) is 5.05. The van der Waals surface area contributed by atoms with Crippen LogP contribution in [0.4, 0.5) is 14.9 Å². The molecule has 3 amide bonds. The number of fused-ring (bicyclic) bond motifs is 1. The fourth-order valence-corrected chi connectivity index (χ4v) is 5.61. The molecule has 33 heavy (non-hydrogen) atoms. The lowest BCUT2D eigenvalue weighted by Gasteiger charge is -2.41. The molecule has 3 heterocycles. The number of benzene rings is 1. The summed E-state index contributed by atoms with van der Waals surface area (Å²) >= 11 is 13.7. The lowest BCUT2D eigenvalue weighted by atomic mass is 10.0. The quantitative estimate of drug-likeness (QED) is 0.563. The molecule has 2 aliphatic rings. The highest BCUT2D eigenvalue weighted by atomic mass is 35.5. The number of halogens is 3. The molecule has 2 aromatic rings. The van der Waals surface area contributed by atoms with Gasteiger partial charge < -0.3 is 9.64 Å². The monoisotopic (exact) mass is 506 g/mol. The normalized spacial score (nSPS) is 19.9. The van der Waals surface area contributed by atoms with E-state index in [-0.39, 0.29) is 29.4 Å². The molecule has 7 nitrogen and oxygen atoms in total. The number of methoxy groups -OCH3 is 1. The Hall–Kier alpha value is -2.80. The Morgan fingerprint density at radius 1 is 1.27 bits per heavy atom. The van der Waals surface area contributed by atoms with E-state index in [2.05, 4.69) is 4.98 Å². The molecule has 2 aliphatic heterocycles. The summed E-state index contributed by atoms with van der Waals surface area (Å²) in [6, 6.07) is 3.48. The Kier molecular flexibility index (Phi) is 6.52. The highest BCUT2D eigenvalue weighted by Crippen LogP contribution is 2.48. The van der Waals surface area contributed by atoms with Gasteiger partial charge in [-0.3, -0.25) is 9.78 Å². The first-order valence-electron chi connectivity index (χ1n) is 9.82. The molecule has 2 unspecified atom stereocenters. The molecule has 1 aromatic carbocycles. The van der Waals surface area contributed by atoms with E-state index in [1.54, 1.807) is 13.0 Å². The first kappa shape index (κ1) is 23.4. The van der Waals surface area contributed by atoms with Crippen molar-refractivity contribution in [3.8, 4) is 11.8 Å². The van der Waals surface area contributed by atoms with Crippen LogP contribution < -0.4 is 9.64 Å². The smallest absolute Gasteiger partial charge is 0.332 e. The molecule has 1 saturated heterocycles. The lowest BCUT2D eigenvalue weighted by Crippen LogP contribution is -2.62. The maximum atomic E-state index is 14.0. The van der Waals surface area contributed by atoms with Gasteiger partial charge in [-0.15, -0.1) is 11.8 Å². The molecule has 1 aromatic heterocycles. The van der Waals surface area contributed by atoms with Gasteiger partial charge in [0.05, 0.1) is 47.6 Å². The fraction of sp³-hybridized carbons (Fsp3) is 0.273. The largest absolute Gasteiger partial charge is 0.494 e. The SMILES string of the molecule is COc1cc(C2=CC3C(S2)C(=O)N(c2cncc(Cl)c2C)C(=O)N3CCC#N)c(Cl)cc1F. The van der Waals surface area contributed by atoms with Crippen LogP contribution in [0.1, 0.15) is 17.5 Å². The minimum absolute atomic E-state index is 0.0109. The van der Waals surface area contributed by atoms with E-state index in [4.69, 9.17) is 33.2 Å². The number of amides is 3. The highest BCUT2D eigenvalue weighted by Gasteiger charge is 2.50. The molecule has 170 valence electrons. The van der Waals surface area contributed by atoms with Crippen molar-refractivity contribution in [1.82, 2.24) is 9.88 Å². The number of thioether (sulfide) groups is 1. The maximum absolute atomic E-state index is 14.0. The number of hydrogen-bond acceptors (Lipinski definition) is 6. The van der Waals surface area contributed by atoms with E-state index in [0.717, 1.165) is 11.0 Å². The second kappa shape index (κ2) is 9.21. The number of carbonyl (C=O) groups excluding carboxylic acids is 2. The summed E-state index contributed by atoms with van der Waals surface area (Å²) < 4.78 is 19.1. The van der Waals surface area contributed by atoms with Crippen LogP contribution >= 0.6 is 35.0 Å². The Morgan fingerprint density at radius 3 is 2.73 bits per heavy atom. The molecule has 11 heteroatoms. The molecular formula is C22H17Cl2FN4O3S. The summed E-state index contributed by atoms with van der Waals surface area (Å²) in [7, 11) is 1.34. The molecule has 1 fully saturated rings. The number of aromatic nitrogens is 1. The van der Waals surface area contributed by atoms with Crippen LogP contribution in [0.15, 0.2) is 30.6 Å². The van der Waals surface area contributed by atoms with Gasteiger partial charge in [-0.2, -0.15) is 5.26 Å². The van der Waals surface area contributed by atoms with Crippen molar-refractivity contribution in [2.75, 3.05) is 18.6 Å². The van der Waals surface area contributed by atoms with Gasteiger partial charge in [-0.05, 0) is 30.7 Å². The number of pyridine rings is 1. The molecule has 0 bridgehead atoms. The van der Waals surface area contributed by atoms with E-state index in [0.29, 0.717) is 21.1 Å². The van der Waals surface area contributed by atoms with Crippen LogP contribution in [0.2, 0.25) is 10.0 Å². The first-order chi connectivity index (χ1) is 15.8. The fourth-order valence-electron chi connectivity index (χ4n) is 3.79. The number of anilines is 1. The van der Waals surface area contributed by atoms with Crippen LogP contribution in [-0.4, -0.2) is 46.8 Å². The molecule has 0 N–H and O–H groups in total. The van der Waals surface area contributed by atoms with Gasteiger partial charge in [0.2, 0.25) is 0 Å². The second-order valence-electron chi connectivity index (χ2n) is 7.35. The summed E-state index contributed by atoms with van der Waals surface area (Å²) in [4.78, 5) is 34.1. The van der Waals surface area contributed by atoms with Crippen LogP contribution in [-0.2, 0) is 4.79 Å². The minimum atomic E-state index is -0.693. The molecule has 0 spiro atoms. The zero-order chi connectivity index (χ0) is 23.9. The van der Waals surface area contributed by atoms with Crippen molar-refractivity contribution >= 4 is 57.5 Å². The van der Waals surface area contributed by atoms with Crippen molar-refractivity contribution in [2.24, 2.45) is 0 Å². The van der Waals surface area contributed by atoms with Gasteiger partial charge in [-0.1, -0.05) is 23.2 Å². The number of hydrogen-bond donors (Lipinski definition) is 0. The topological polar surface area (TPSA) is 86.5 Å². The number of imide groups is 1. The van der Waals surface area contributed by atoms with Crippen LogP contribution in [0.3, 0.4) is 0 Å². The highest BCUT2D eigenvalue weighted by molar-refractivity contribution is 8.09. The Morgan fingerprint density at radius 2 is 2.03 bits per heavy atom. The molecule has 0 radical (unpaired) electrons. The van der Waals surface area contributed by atoms with E-state index in [9.17, 15) is 14.0 Å². The molecule has 0 aliphatic carbocycles. The zero-order valence-corrected chi connectivity index (χ0v) is 19.8. The Labute approximate surface area is 203 Å². The summed E-state index contributed by atoms with van der Waals surface area (Å²) in [5.74, 6) is -1.03. The van der Waals surface area contributed by atoms with E-state index < -0.39 is 29.0 Å². The predicted molar refractivity (Wildman–Crippen MR) is 125 cm³/mol. The average Bonchev–Trinajstić information content (AvgIpc) is 3.22. The number of urea groups is 1. The van der Waals surface area contributed by atoms with Crippen molar-refractivity contribution in [1.29, 1.82) is 5.26 Å². The van der Waals surface area contributed by atoms with Gasteiger partial charge in [0.25, 0.3) is 5.91 Å². The van der Waals surface area contributed by atoms with Gasteiger partial charge in [0, 0.05) is 23.2 Å². The van der Waals surface area contributed by atoms with Gasteiger partial charge in [0.1, 0.15) is 5.25 Å². The van der Waals surface area contributed by atoms with E-state index in [1.165, 1.54) is 42.2 Å². The van der Waals surface area contributed by atoms with Crippen LogP contribution in [0, 0.1) is 24.1 Å². The molecule has 4 rings (SSSR count). The van der Waals surface area contributed by atoms with E-state index in [1.807, 2.05) is 6.07 Å². The van der Waals surface area contributed by atoms with Crippen molar-refractivity contribution < 1.29 is 18.7 Å². The van der Waals surface area contributed by atoms with Crippen molar-refractivity contribution in [3.05, 3.63) is 57.6 Å². The molecule has 2 atom stereocenters. The van der Waals surface area contributed by atoms with E-state index >= 15 is 0 Å². The third-order valence-corrected chi connectivity index (χ3v) is 7.52. The number of rotatable bonds is 5. The summed E-state index contributed by atoms with van der Waals surface area (Å²) in [6.07, 6.45) is 4.68. The van der Waals surface area contributed by atoms with Crippen molar-refractivity contribution in [2.45, 2.75) is 24.6 Å². The summed E-state index contributed by atoms with van der Waals surface area (Å²) in [5, 5.41) is 8.89. The molecular weight excluding hydrogens is 490 g/mol. The van der Waals surface area contributed by atoms with Crippen LogP contribution in [0.25, 0.3) is 4.91 Å². The zero-order valence-electron chi connectivity index (χ0n) is 17.5. The first-order valence-corrected chi connectivity index (χ1v) is 11.5. The Balaban J connectivity index is 1.78. The van der Waals surface area contributed by atoms with Crippen molar-refractivity contribution in [3.63, 3.8) is 0 Å². The number of ether oxygens (including phenoxy) is 1. The summed E-state index contributed by atoms with van der Waals surface area (Å²) in [5.41, 5.74) is 1.31. The third-order valence-electron chi connectivity index (χ3n) is 5.49. The molecule has 0 saturated carbocycles. The Bertz CT molecular complexity index is 1230. The standard InChI is InChI=1S/C22H17Cl2FN4O3S/c1-11-14(24)9-27-10-17(11)29-21(30)20-16(28(22(29)31)5-3-4-26)8-19(33-20)12-6-18(32-2)15(25)7-13(12)23/h6-10,16,20H,3,5H2,1-2H3. The second-order valence-corrected chi connectivity index (χ2v) is 9.35. The maximum Gasteiger partial charge on any atom is 0.332 e. The number of nitrogens with zero attached hydrogens (tertiary/aromatic N) is 4. The van der Waals surface area contributed by atoms with Gasteiger partial charge >= 0.3 is 6.03 Å². The third kappa shape index (κ3) is 4.03. The number of carbonyl (C=O) groups is 2. The van der Waals surface area contributed by atoms with Gasteiger partial charge in [-0.25, -0.2) is 14.1 Å². The summed E-state index contributed by atoms with van der Waals surface area (Å²) in [6.45, 7) is 1.82. The average molecular weight is 507 g/mol. The van der Waals surface area contributed by atoms with Crippen LogP contribution in [0.5, 0.6) is 5.75 Å². The van der Waals surface area contributed by atoms with Gasteiger partial charge in [0.15, 0.2) is 11.6 Å². The minimum Gasteiger partial charge on any atom is -0.494 e. The number of nitriles is 1.